The lowest BCUT2D eigenvalue weighted by atomic mass is 10.1. The van der Waals surface area contributed by atoms with Crippen molar-refractivity contribution in [2.45, 2.75) is 40.5 Å². The van der Waals surface area contributed by atoms with Crippen LogP contribution in [-0.2, 0) is 6.42 Å². The van der Waals surface area contributed by atoms with E-state index < -0.39 is 0 Å². The van der Waals surface area contributed by atoms with Crippen LogP contribution in [0.2, 0.25) is 0 Å². The van der Waals surface area contributed by atoms with Crippen LogP contribution in [0.15, 0.2) is 86.2 Å². The number of aryl methyl sites for hydroxylation is 2. The molecule has 2 nitrogen and oxygen atoms in total. The number of hydrogen-bond acceptors (Lipinski definition) is 1. The maximum atomic E-state index is 9.16. The lowest BCUT2D eigenvalue weighted by Gasteiger charge is -2.03. The van der Waals surface area contributed by atoms with Gasteiger partial charge >= 0.3 is 0 Å². The summed E-state index contributed by atoms with van der Waals surface area (Å²) >= 11 is 0. The van der Waals surface area contributed by atoms with Crippen molar-refractivity contribution in [3.05, 3.63) is 108 Å². The van der Waals surface area contributed by atoms with Crippen LogP contribution >= 0.6 is 0 Å². The molecule has 2 aromatic carbocycles. The predicted molar refractivity (Wildman–Crippen MR) is 126 cm³/mol. The maximum absolute atomic E-state index is 9.16. The van der Waals surface area contributed by atoms with Gasteiger partial charge in [0.25, 0.3) is 0 Å². The summed E-state index contributed by atoms with van der Waals surface area (Å²) in [6, 6.07) is 20.9. The van der Waals surface area contributed by atoms with E-state index in [0.717, 1.165) is 29.7 Å². The number of nitriles is 1. The van der Waals surface area contributed by atoms with Crippen LogP contribution in [0.3, 0.4) is 0 Å². The molecule has 0 saturated heterocycles. The third kappa shape index (κ3) is 7.68. The molecular weight excluding hydrogens is 352 g/mol. The minimum Gasteiger partial charge on any atom is -0.322 e. The first-order valence-corrected chi connectivity index (χ1v) is 9.98. The fraction of sp³-hybridized carbons (Fsp3) is 0.222. The van der Waals surface area contributed by atoms with Crippen LogP contribution < -0.4 is 0 Å². The highest BCUT2D eigenvalue weighted by molar-refractivity contribution is 5.69. The van der Waals surface area contributed by atoms with Crippen LogP contribution in [0.25, 0.3) is 11.3 Å². The molecule has 2 heteroatoms. The number of hydrogen-bond donors (Lipinski definition) is 0. The molecule has 0 amide bonds. The summed E-state index contributed by atoms with van der Waals surface area (Å²) in [4.78, 5) is 0. The highest BCUT2D eigenvalue weighted by Gasteiger charge is 2.09. The van der Waals surface area contributed by atoms with E-state index in [1.54, 1.807) is 6.08 Å². The van der Waals surface area contributed by atoms with Crippen LogP contribution in [0.1, 0.15) is 49.4 Å². The SMILES string of the molecule is C=C(CC)c1cn(-c2ccc(C)cc2)cc1C#N.C=CC.CCc1ccccc1. The van der Waals surface area contributed by atoms with Gasteiger partial charge in [-0.3, -0.25) is 0 Å². The van der Waals surface area contributed by atoms with Gasteiger partial charge in [-0.05, 0) is 50.0 Å². The summed E-state index contributed by atoms with van der Waals surface area (Å²) in [6.45, 7) is 15.5. The number of nitrogens with zero attached hydrogens (tertiary/aromatic N) is 2. The second-order valence-electron chi connectivity index (χ2n) is 6.64. The number of aromatic nitrogens is 1. The van der Waals surface area contributed by atoms with E-state index in [9.17, 15) is 0 Å². The fourth-order valence-electron chi connectivity index (χ4n) is 2.60. The van der Waals surface area contributed by atoms with Gasteiger partial charge in [0.1, 0.15) is 6.07 Å². The number of benzene rings is 2. The first-order valence-electron chi connectivity index (χ1n) is 9.98. The van der Waals surface area contributed by atoms with Gasteiger partial charge in [-0.15, -0.1) is 6.58 Å². The molecule has 3 aromatic rings. The monoisotopic (exact) mass is 384 g/mol. The van der Waals surface area contributed by atoms with E-state index in [2.05, 4.69) is 81.6 Å². The first kappa shape index (κ1) is 23.7. The lowest BCUT2D eigenvalue weighted by molar-refractivity contribution is 1.07. The van der Waals surface area contributed by atoms with Gasteiger partial charge in [0.2, 0.25) is 0 Å². The summed E-state index contributed by atoms with van der Waals surface area (Å²) in [5, 5.41) is 9.16. The van der Waals surface area contributed by atoms with Crippen LogP contribution in [0.5, 0.6) is 0 Å². The zero-order chi connectivity index (χ0) is 21.6. The zero-order valence-electron chi connectivity index (χ0n) is 18.2. The van der Waals surface area contributed by atoms with Crippen molar-refractivity contribution in [3.8, 4) is 11.8 Å². The Morgan fingerprint density at radius 1 is 1.03 bits per heavy atom. The Labute approximate surface area is 176 Å². The first-order chi connectivity index (χ1) is 14.0. The molecular formula is C27H32N2. The van der Waals surface area contributed by atoms with Crippen molar-refractivity contribution in [2.75, 3.05) is 0 Å². The molecule has 0 bridgehead atoms. The Morgan fingerprint density at radius 3 is 2.07 bits per heavy atom. The predicted octanol–water partition coefficient (Wildman–Crippen LogP) is 7.52. The van der Waals surface area contributed by atoms with Crippen molar-refractivity contribution in [1.29, 1.82) is 5.26 Å². The van der Waals surface area contributed by atoms with Crippen molar-refractivity contribution in [2.24, 2.45) is 0 Å². The summed E-state index contributed by atoms with van der Waals surface area (Å²) in [5.74, 6) is 0. The maximum Gasteiger partial charge on any atom is 0.101 e. The quantitative estimate of drug-likeness (QED) is 0.427. The molecule has 0 radical (unpaired) electrons. The fourth-order valence-corrected chi connectivity index (χ4v) is 2.60. The lowest BCUT2D eigenvalue weighted by Crippen LogP contribution is -1.89. The van der Waals surface area contributed by atoms with Gasteiger partial charge in [0.05, 0.1) is 5.56 Å². The molecule has 150 valence electrons. The normalized spacial score (nSPS) is 9.21. The molecule has 29 heavy (non-hydrogen) atoms. The van der Waals surface area contributed by atoms with Crippen molar-refractivity contribution >= 4 is 5.57 Å². The minimum absolute atomic E-state index is 0.683. The molecule has 0 fully saturated rings. The molecule has 1 heterocycles. The molecule has 0 aliphatic carbocycles. The zero-order valence-corrected chi connectivity index (χ0v) is 18.2. The second-order valence-corrected chi connectivity index (χ2v) is 6.64. The summed E-state index contributed by atoms with van der Waals surface area (Å²) in [5.41, 5.74) is 6.32. The molecule has 0 unspecified atom stereocenters. The molecule has 0 saturated carbocycles. The van der Waals surface area contributed by atoms with Crippen LogP contribution in [0, 0.1) is 18.3 Å². The van der Waals surface area contributed by atoms with Gasteiger partial charge in [-0.25, -0.2) is 0 Å². The van der Waals surface area contributed by atoms with Crippen LogP contribution in [0.4, 0.5) is 0 Å². The van der Waals surface area contributed by atoms with Gasteiger partial charge in [0.15, 0.2) is 0 Å². The van der Waals surface area contributed by atoms with Crippen molar-refractivity contribution in [3.63, 3.8) is 0 Å². The summed E-state index contributed by atoms with van der Waals surface area (Å²) in [7, 11) is 0. The molecule has 0 N–H and O–H groups in total. The Kier molecular flexibility index (Phi) is 10.6. The second kappa shape index (κ2) is 13.0. The Balaban J connectivity index is 0.000000317. The summed E-state index contributed by atoms with van der Waals surface area (Å²) in [6.07, 6.45) is 7.59. The molecule has 1 aromatic heterocycles. The Hall–Kier alpha value is -3.31. The number of rotatable bonds is 4. The number of allylic oxidation sites excluding steroid dienone is 2. The minimum atomic E-state index is 0.683. The van der Waals surface area contributed by atoms with E-state index in [-0.39, 0.29) is 0 Å². The van der Waals surface area contributed by atoms with Crippen molar-refractivity contribution in [1.82, 2.24) is 4.57 Å². The average molecular weight is 385 g/mol. The van der Waals surface area contributed by atoms with E-state index in [1.807, 2.05) is 36.9 Å². The Morgan fingerprint density at radius 2 is 1.62 bits per heavy atom. The van der Waals surface area contributed by atoms with Gasteiger partial charge in [-0.1, -0.05) is 74.5 Å². The molecule has 0 aliphatic rings. The van der Waals surface area contributed by atoms with Gasteiger partial charge in [-0.2, -0.15) is 5.26 Å². The Bertz CT molecular complexity index is 923. The van der Waals surface area contributed by atoms with E-state index in [0.29, 0.717) is 5.56 Å². The average Bonchev–Trinajstić information content (AvgIpc) is 3.20. The van der Waals surface area contributed by atoms with Crippen LogP contribution in [-0.4, -0.2) is 4.57 Å². The van der Waals surface area contributed by atoms with E-state index >= 15 is 0 Å². The third-order valence-corrected chi connectivity index (χ3v) is 4.34. The molecule has 0 aliphatic heterocycles. The third-order valence-electron chi connectivity index (χ3n) is 4.34. The summed E-state index contributed by atoms with van der Waals surface area (Å²) < 4.78 is 1.98. The topological polar surface area (TPSA) is 28.7 Å². The highest BCUT2D eigenvalue weighted by atomic mass is 14.9. The standard InChI is InChI=1S/C16H16N2.C8H10.C3H6/c1-4-13(3)16-11-18(10-14(16)9-17)15-7-5-12(2)6-8-15;1-2-8-6-4-3-5-7-8;1-3-2/h5-8,10-11H,3-4H2,1-2H3;3-7H,2H2,1H3;3H,1H2,2H3. The van der Waals surface area contributed by atoms with E-state index in [1.165, 1.54) is 11.1 Å². The van der Waals surface area contributed by atoms with Gasteiger partial charge in [0, 0.05) is 23.6 Å². The van der Waals surface area contributed by atoms with Gasteiger partial charge < -0.3 is 4.57 Å². The largest absolute Gasteiger partial charge is 0.322 e. The molecule has 0 atom stereocenters. The van der Waals surface area contributed by atoms with Crippen molar-refractivity contribution < 1.29 is 0 Å². The molecule has 3 rings (SSSR count). The molecule has 0 spiro atoms. The highest BCUT2D eigenvalue weighted by Crippen LogP contribution is 2.23. The smallest absolute Gasteiger partial charge is 0.101 e. The van der Waals surface area contributed by atoms with E-state index in [4.69, 9.17) is 5.26 Å².